The molecule has 3 aromatic rings. The Kier molecular flexibility index (Phi) is 6.32. The highest BCUT2D eigenvalue weighted by atomic mass is 32.1. The predicted molar refractivity (Wildman–Crippen MR) is 116 cm³/mol. The van der Waals surface area contributed by atoms with Crippen LogP contribution in [0.3, 0.4) is 0 Å². The van der Waals surface area contributed by atoms with Crippen LogP contribution in [0.5, 0.6) is 5.75 Å². The van der Waals surface area contributed by atoms with E-state index in [1.165, 1.54) is 18.9 Å². The topological polar surface area (TPSA) is 71.7 Å². The Bertz CT molecular complexity index is 998. The molecule has 1 unspecified atom stereocenters. The molecular weight excluding hydrogens is 403 g/mol. The lowest BCUT2D eigenvalue weighted by molar-refractivity contribution is 0.285. The summed E-state index contributed by atoms with van der Waals surface area (Å²) in [7, 11) is 1.69. The first-order chi connectivity index (χ1) is 14.6. The van der Waals surface area contributed by atoms with Crippen molar-refractivity contribution in [3.8, 4) is 16.5 Å². The van der Waals surface area contributed by atoms with Crippen LogP contribution in [0.4, 0.5) is 4.39 Å². The van der Waals surface area contributed by atoms with Crippen LogP contribution in [0.2, 0.25) is 0 Å². The smallest absolute Gasteiger partial charge is 0.236 e. The van der Waals surface area contributed by atoms with Crippen LogP contribution >= 0.6 is 11.3 Å². The van der Waals surface area contributed by atoms with Crippen LogP contribution < -0.4 is 15.4 Å². The molecule has 1 aromatic carbocycles. The average Bonchev–Trinajstić information content (AvgIpc) is 3.21. The molecule has 158 valence electrons. The van der Waals surface area contributed by atoms with Gasteiger partial charge in [0.25, 0.3) is 0 Å². The van der Waals surface area contributed by atoms with E-state index in [1.54, 1.807) is 30.7 Å². The molecule has 6 nitrogen and oxygen atoms in total. The number of rotatable bonds is 8. The van der Waals surface area contributed by atoms with Gasteiger partial charge in [0.05, 0.1) is 29.8 Å². The van der Waals surface area contributed by atoms with E-state index in [-0.39, 0.29) is 11.9 Å². The molecule has 1 saturated carbocycles. The number of ether oxygens (including phenoxy) is 1. The average molecular weight is 429 g/mol. The Labute approximate surface area is 179 Å². The molecular formula is C22H25FN4O2S. The van der Waals surface area contributed by atoms with Gasteiger partial charge in [-0.15, -0.1) is 11.3 Å². The van der Waals surface area contributed by atoms with Crippen molar-refractivity contribution in [2.24, 2.45) is 10.9 Å². The van der Waals surface area contributed by atoms with Crippen LogP contribution in [-0.4, -0.2) is 24.6 Å². The third-order valence-corrected chi connectivity index (χ3v) is 5.78. The van der Waals surface area contributed by atoms with E-state index >= 15 is 0 Å². The number of halogens is 1. The summed E-state index contributed by atoms with van der Waals surface area (Å²) in [5.74, 6) is 1.77. The fourth-order valence-corrected chi connectivity index (χ4v) is 3.61. The van der Waals surface area contributed by atoms with Crippen molar-refractivity contribution in [2.75, 3.05) is 13.7 Å². The fraction of sp³-hybridized carbons (Fsp3) is 0.364. The summed E-state index contributed by atoms with van der Waals surface area (Å²) in [6.45, 7) is 3.01. The van der Waals surface area contributed by atoms with Crippen molar-refractivity contribution in [1.82, 2.24) is 15.6 Å². The van der Waals surface area contributed by atoms with Gasteiger partial charge in [-0.3, -0.25) is 4.99 Å². The lowest BCUT2D eigenvalue weighted by Crippen LogP contribution is -2.38. The largest absolute Gasteiger partial charge is 0.490 e. The van der Waals surface area contributed by atoms with E-state index in [2.05, 4.69) is 20.6 Å². The number of thiophene rings is 1. The number of guanidine groups is 1. The molecule has 2 heterocycles. The number of hydrogen-bond donors (Lipinski definition) is 2. The first-order valence-electron chi connectivity index (χ1n) is 10.00. The highest BCUT2D eigenvalue weighted by molar-refractivity contribution is 7.13. The molecule has 2 aromatic heterocycles. The Balaban J connectivity index is 1.31. The Morgan fingerprint density at radius 3 is 2.97 bits per heavy atom. The molecule has 0 saturated heterocycles. The maximum atomic E-state index is 14.4. The van der Waals surface area contributed by atoms with Gasteiger partial charge in [0.2, 0.25) is 5.89 Å². The molecule has 0 amide bonds. The molecule has 0 bridgehead atoms. The second-order valence-electron chi connectivity index (χ2n) is 7.36. The Hall–Kier alpha value is -2.87. The first-order valence-corrected chi connectivity index (χ1v) is 10.9. The summed E-state index contributed by atoms with van der Waals surface area (Å²) in [5, 5.41) is 8.47. The van der Waals surface area contributed by atoms with Crippen molar-refractivity contribution >= 4 is 17.3 Å². The summed E-state index contributed by atoms with van der Waals surface area (Å²) in [6.07, 6.45) is 3.99. The maximum Gasteiger partial charge on any atom is 0.236 e. The lowest BCUT2D eigenvalue weighted by Gasteiger charge is -2.18. The van der Waals surface area contributed by atoms with E-state index in [1.807, 2.05) is 30.5 Å². The van der Waals surface area contributed by atoms with Crippen LogP contribution in [0.15, 0.2) is 51.4 Å². The molecule has 2 N–H and O–H groups in total. The van der Waals surface area contributed by atoms with Crippen molar-refractivity contribution in [2.45, 2.75) is 32.4 Å². The van der Waals surface area contributed by atoms with Gasteiger partial charge in [-0.2, -0.15) is 0 Å². The molecule has 0 spiro atoms. The van der Waals surface area contributed by atoms with Gasteiger partial charge in [0.15, 0.2) is 17.5 Å². The Morgan fingerprint density at radius 1 is 1.40 bits per heavy atom. The van der Waals surface area contributed by atoms with E-state index in [4.69, 9.17) is 9.15 Å². The van der Waals surface area contributed by atoms with Gasteiger partial charge >= 0.3 is 0 Å². The number of nitrogens with zero attached hydrogens (tertiary/aromatic N) is 2. The normalized spacial score (nSPS) is 15.1. The lowest BCUT2D eigenvalue weighted by atomic mass is 10.1. The highest BCUT2D eigenvalue weighted by Gasteiger charge is 2.22. The van der Waals surface area contributed by atoms with E-state index in [0.29, 0.717) is 36.7 Å². The summed E-state index contributed by atoms with van der Waals surface area (Å²) >= 11 is 1.58. The second kappa shape index (κ2) is 9.30. The third kappa shape index (κ3) is 5.18. The molecule has 1 atom stereocenters. The first kappa shape index (κ1) is 20.4. The minimum absolute atomic E-state index is 0.137. The molecule has 1 fully saturated rings. The fourth-order valence-electron chi connectivity index (χ4n) is 2.95. The molecule has 0 aliphatic heterocycles. The molecule has 30 heavy (non-hydrogen) atoms. The van der Waals surface area contributed by atoms with Crippen molar-refractivity contribution in [3.05, 3.63) is 59.0 Å². The number of hydrogen-bond acceptors (Lipinski definition) is 5. The van der Waals surface area contributed by atoms with Crippen molar-refractivity contribution in [1.29, 1.82) is 0 Å². The van der Waals surface area contributed by atoms with Crippen molar-refractivity contribution < 1.29 is 13.5 Å². The zero-order chi connectivity index (χ0) is 20.9. The second-order valence-corrected chi connectivity index (χ2v) is 8.31. The number of aliphatic imine (C=N–C) groups is 1. The van der Waals surface area contributed by atoms with Crippen LogP contribution in [0, 0.1) is 11.7 Å². The van der Waals surface area contributed by atoms with Gasteiger partial charge in [0, 0.05) is 7.05 Å². The number of aromatic nitrogens is 1. The Morgan fingerprint density at radius 2 is 2.27 bits per heavy atom. The van der Waals surface area contributed by atoms with Gasteiger partial charge < -0.3 is 19.8 Å². The minimum Gasteiger partial charge on any atom is -0.490 e. The summed E-state index contributed by atoms with van der Waals surface area (Å²) in [5.41, 5.74) is 1.59. The predicted octanol–water partition coefficient (Wildman–Crippen LogP) is 4.76. The molecule has 4 rings (SSSR count). The third-order valence-electron chi connectivity index (χ3n) is 4.92. The molecule has 8 heteroatoms. The SMILES string of the molecule is CN=C(NCc1coc(-c2cccs2)n1)NC(C)c1ccc(OCC2CC2)c(F)c1. The molecule has 1 aliphatic carbocycles. The molecule has 1 aliphatic rings. The van der Waals surface area contributed by atoms with E-state index < -0.39 is 0 Å². The summed E-state index contributed by atoms with van der Waals surface area (Å²) in [4.78, 5) is 9.72. The number of oxazole rings is 1. The molecule has 0 radical (unpaired) electrons. The van der Waals surface area contributed by atoms with Gasteiger partial charge in [-0.1, -0.05) is 12.1 Å². The standard InChI is InChI=1S/C22H25FN4O2S/c1-14(16-7-8-19(18(23)10-16)28-12-15-5-6-15)26-22(24-2)25-11-17-13-29-21(27-17)20-4-3-9-30-20/h3-4,7-10,13-15H,5-6,11-12H2,1-2H3,(H2,24,25,26). The number of benzene rings is 1. The van der Waals surface area contributed by atoms with Crippen LogP contribution in [0.1, 0.15) is 37.1 Å². The van der Waals surface area contributed by atoms with Crippen LogP contribution in [-0.2, 0) is 6.54 Å². The van der Waals surface area contributed by atoms with E-state index in [0.717, 1.165) is 16.1 Å². The quantitative estimate of drug-likeness (QED) is 0.400. The van der Waals surface area contributed by atoms with E-state index in [9.17, 15) is 4.39 Å². The summed E-state index contributed by atoms with van der Waals surface area (Å²) < 4.78 is 25.5. The minimum atomic E-state index is -0.339. The maximum absolute atomic E-state index is 14.4. The van der Waals surface area contributed by atoms with Gasteiger partial charge in [0.1, 0.15) is 6.26 Å². The zero-order valence-electron chi connectivity index (χ0n) is 17.0. The van der Waals surface area contributed by atoms with Gasteiger partial charge in [-0.05, 0) is 54.8 Å². The monoisotopic (exact) mass is 428 g/mol. The van der Waals surface area contributed by atoms with Crippen molar-refractivity contribution in [3.63, 3.8) is 0 Å². The highest BCUT2D eigenvalue weighted by Crippen LogP contribution is 2.30. The zero-order valence-corrected chi connectivity index (χ0v) is 17.8. The number of nitrogens with one attached hydrogen (secondary N) is 2. The van der Waals surface area contributed by atoms with Crippen LogP contribution in [0.25, 0.3) is 10.8 Å². The van der Waals surface area contributed by atoms with Gasteiger partial charge in [-0.25, -0.2) is 9.37 Å². The summed E-state index contributed by atoms with van der Waals surface area (Å²) in [6, 6.07) is 8.88.